The van der Waals surface area contributed by atoms with Gasteiger partial charge in [0, 0.05) is 11.4 Å². The fourth-order valence-corrected chi connectivity index (χ4v) is 6.53. The quantitative estimate of drug-likeness (QED) is 0.181. The van der Waals surface area contributed by atoms with Gasteiger partial charge < -0.3 is 4.81 Å². The third kappa shape index (κ3) is 3.80. The van der Waals surface area contributed by atoms with Gasteiger partial charge in [-0.15, -0.1) is 35.4 Å². The molecule has 0 bridgehead atoms. The van der Waals surface area contributed by atoms with Crippen molar-refractivity contribution in [3.8, 4) is 33.6 Å². The summed E-state index contributed by atoms with van der Waals surface area (Å²) < 4.78 is 3.97. The summed E-state index contributed by atoms with van der Waals surface area (Å²) in [6, 6.07) is 38.0. The molecule has 2 aliphatic heterocycles. The molecule has 200 valence electrons. The molecule has 8 rings (SSSR count). The molecule has 0 spiro atoms. The molecular formula is C34H26BN5Pd. The van der Waals surface area contributed by atoms with Crippen molar-refractivity contribution in [1.29, 1.82) is 0 Å². The summed E-state index contributed by atoms with van der Waals surface area (Å²) in [6.45, 7) is 8.23. The van der Waals surface area contributed by atoms with Gasteiger partial charge in [-0.1, -0.05) is 82.0 Å². The van der Waals surface area contributed by atoms with E-state index in [2.05, 4.69) is 116 Å². The number of rotatable bonds is 2. The molecule has 6 aromatic rings. The van der Waals surface area contributed by atoms with E-state index >= 15 is 0 Å². The van der Waals surface area contributed by atoms with Gasteiger partial charge in [0.05, 0.1) is 11.4 Å². The van der Waals surface area contributed by atoms with E-state index < -0.39 is 0 Å². The molecule has 4 aromatic carbocycles. The first-order chi connectivity index (χ1) is 19.5. The topological polar surface area (TPSA) is 38.9 Å². The molecule has 2 aliphatic rings. The minimum atomic E-state index is -0.00805. The summed E-state index contributed by atoms with van der Waals surface area (Å²) in [6.07, 6.45) is 0. The van der Waals surface area contributed by atoms with Gasteiger partial charge in [0.25, 0.3) is 0 Å². The number of benzene rings is 4. The summed E-state index contributed by atoms with van der Waals surface area (Å²) >= 11 is 0. The third-order valence-electron chi connectivity index (χ3n) is 8.13. The standard InChI is InChI=1S/C34H26BN5.Pd/c1-21-17-23(3)39(36-21)25-13-15-29-27-9-5-7-11-31(27)35-32-12-8-6-10-28(32)30-16-14-26(40-24(4)18-22(2)37-40)20-34(30)38(35)33(29)19-25;/h5-18H,1-4H3;/q-2;+2. The largest absolute Gasteiger partial charge is 2.00 e. The van der Waals surface area contributed by atoms with Crippen LogP contribution in [0.1, 0.15) is 22.8 Å². The van der Waals surface area contributed by atoms with Gasteiger partial charge in [0.15, 0.2) is 0 Å². The Morgan fingerprint density at radius 2 is 1.00 bits per heavy atom. The van der Waals surface area contributed by atoms with Crippen molar-refractivity contribution in [2.45, 2.75) is 27.7 Å². The number of aryl methyl sites for hydroxylation is 4. The molecule has 2 aromatic heterocycles. The second kappa shape index (κ2) is 9.45. The molecular weight excluding hydrogens is 596 g/mol. The molecule has 0 saturated heterocycles. The minimum absolute atomic E-state index is 0. The van der Waals surface area contributed by atoms with Gasteiger partial charge >= 0.3 is 27.3 Å². The first-order valence-corrected chi connectivity index (χ1v) is 13.7. The molecule has 7 heteroatoms. The van der Waals surface area contributed by atoms with Crippen molar-refractivity contribution >= 4 is 29.1 Å². The van der Waals surface area contributed by atoms with Crippen molar-refractivity contribution in [3.05, 3.63) is 120 Å². The van der Waals surface area contributed by atoms with E-state index in [0.29, 0.717) is 0 Å². The van der Waals surface area contributed by atoms with Gasteiger partial charge in [-0.25, -0.2) is 0 Å². The predicted molar refractivity (Wildman–Crippen MR) is 162 cm³/mol. The Hall–Kier alpha value is -4.17. The van der Waals surface area contributed by atoms with Crippen LogP contribution in [0.15, 0.2) is 84.9 Å². The van der Waals surface area contributed by atoms with Crippen molar-refractivity contribution in [2.75, 3.05) is 4.81 Å². The summed E-state index contributed by atoms with van der Waals surface area (Å²) in [7, 11) is 0. The summed E-state index contributed by atoms with van der Waals surface area (Å²) in [5, 5.41) is 9.54. The fraction of sp³-hybridized carbons (Fsp3) is 0.118. The normalized spacial score (nSPS) is 12.6. The van der Waals surface area contributed by atoms with Crippen LogP contribution < -0.4 is 15.7 Å². The zero-order valence-corrected chi connectivity index (χ0v) is 24.8. The minimum Gasteiger partial charge on any atom is -0.418 e. The van der Waals surface area contributed by atoms with Crippen LogP contribution in [-0.2, 0) is 20.4 Å². The number of hydrogen-bond acceptors (Lipinski definition) is 3. The summed E-state index contributed by atoms with van der Waals surface area (Å²) in [5.74, 6) is 0. The summed E-state index contributed by atoms with van der Waals surface area (Å²) in [5.41, 5.74) is 15.4. The molecule has 0 N–H and O–H groups in total. The van der Waals surface area contributed by atoms with Crippen molar-refractivity contribution in [1.82, 2.24) is 19.6 Å². The Labute approximate surface area is 254 Å². The molecule has 5 nitrogen and oxygen atoms in total. The van der Waals surface area contributed by atoms with Gasteiger partial charge in [-0.05, 0) is 51.2 Å². The number of aromatic nitrogens is 4. The Balaban J connectivity index is 0.00000276. The van der Waals surface area contributed by atoms with Crippen LogP contribution in [0, 0.1) is 39.8 Å². The molecule has 0 fully saturated rings. The van der Waals surface area contributed by atoms with Gasteiger partial charge in [-0.3, -0.25) is 9.36 Å². The number of hydrogen-bond donors (Lipinski definition) is 0. The maximum absolute atomic E-state index is 4.77. The summed E-state index contributed by atoms with van der Waals surface area (Å²) in [4.78, 5) is 2.43. The Kier molecular flexibility index (Phi) is 5.94. The van der Waals surface area contributed by atoms with Gasteiger partial charge in [-0.2, -0.15) is 22.3 Å². The van der Waals surface area contributed by atoms with Gasteiger partial charge in [0.1, 0.15) is 0 Å². The van der Waals surface area contributed by atoms with Crippen LogP contribution in [0.2, 0.25) is 0 Å². The van der Waals surface area contributed by atoms with Crippen molar-refractivity contribution in [3.63, 3.8) is 0 Å². The Morgan fingerprint density at radius 3 is 1.41 bits per heavy atom. The van der Waals surface area contributed by atoms with Crippen molar-refractivity contribution < 1.29 is 20.4 Å². The average molecular weight is 622 g/mol. The maximum Gasteiger partial charge on any atom is 2.00 e. The molecule has 0 amide bonds. The van der Waals surface area contributed by atoms with Crippen LogP contribution >= 0.6 is 0 Å². The van der Waals surface area contributed by atoms with E-state index in [0.717, 1.165) is 56.7 Å². The predicted octanol–water partition coefficient (Wildman–Crippen LogP) is 5.79. The monoisotopic (exact) mass is 621 g/mol. The second-order valence-corrected chi connectivity index (χ2v) is 10.8. The number of nitrogens with zero attached hydrogens (tertiary/aromatic N) is 5. The van der Waals surface area contributed by atoms with Crippen LogP contribution in [-0.4, -0.2) is 26.4 Å². The van der Waals surface area contributed by atoms with E-state index in [1.54, 1.807) is 0 Å². The molecule has 0 saturated carbocycles. The maximum atomic E-state index is 4.77. The number of anilines is 2. The fourth-order valence-electron chi connectivity index (χ4n) is 6.53. The Morgan fingerprint density at radius 1 is 0.561 bits per heavy atom. The van der Waals surface area contributed by atoms with Gasteiger partial charge in [0.2, 0.25) is 0 Å². The zero-order chi connectivity index (χ0) is 27.1. The first-order valence-electron chi connectivity index (χ1n) is 13.7. The van der Waals surface area contributed by atoms with Crippen LogP contribution in [0.5, 0.6) is 0 Å². The third-order valence-corrected chi connectivity index (χ3v) is 8.13. The average Bonchev–Trinajstić information content (AvgIpc) is 3.50. The van der Waals surface area contributed by atoms with E-state index in [4.69, 9.17) is 10.2 Å². The van der Waals surface area contributed by atoms with Crippen LogP contribution in [0.4, 0.5) is 11.4 Å². The first kappa shape index (κ1) is 25.8. The zero-order valence-electron chi connectivity index (χ0n) is 23.2. The van der Waals surface area contributed by atoms with Crippen LogP contribution in [0.3, 0.4) is 0 Å². The van der Waals surface area contributed by atoms with E-state index in [-0.39, 0.29) is 27.3 Å². The SMILES string of the molecule is Cc1cc(C)n(-c2[c-]c3c(cc2)-c2ccccc2B2c4ccccc4-c4ccc(-n5nc(C)cc5C)[c-]c4N23)n1.[Pd+2]. The molecule has 0 radical (unpaired) electrons. The molecule has 0 atom stereocenters. The molecule has 41 heavy (non-hydrogen) atoms. The number of fused-ring (bicyclic) bond motifs is 11. The molecule has 0 aliphatic carbocycles. The van der Waals surface area contributed by atoms with E-state index in [1.807, 2.05) is 23.2 Å². The molecule has 4 heterocycles. The molecule has 0 unspecified atom stereocenters. The smallest absolute Gasteiger partial charge is 0.418 e. The van der Waals surface area contributed by atoms with Crippen molar-refractivity contribution in [2.24, 2.45) is 0 Å². The van der Waals surface area contributed by atoms with Crippen LogP contribution in [0.25, 0.3) is 33.6 Å². The van der Waals surface area contributed by atoms with E-state index in [9.17, 15) is 0 Å². The second-order valence-electron chi connectivity index (χ2n) is 10.8. The Bertz CT molecular complexity index is 1850. The van der Waals surface area contributed by atoms with E-state index in [1.165, 1.54) is 22.1 Å².